The third kappa shape index (κ3) is 2.73. The van der Waals surface area contributed by atoms with Crippen LogP contribution in [0.3, 0.4) is 0 Å². The van der Waals surface area contributed by atoms with Crippen LogP contribution in [-0.2, 0) is 5.41 Å². The highest BCUT2D eigenvalue weighted by Crippen LogP contribution is 2.37. The van der Waals surface area contributed by atoms with E-state index in [0.29, 0.717) is 0 Å². The number of nitrogens with zero attached hydrogens (tertiary/aromatic N) is 1. The molecule has 0 unspecified atom stereocenters. The highest BCUT2D eigenvalue weighted by molar-refractivity contribution is 7.16. The van der Waals surface area contributed by atoms with E-state index in [9.17, 15) is 0 Å². The number of hydrogen-bond acceptors (Lipinski definition) is 4. The molecule has 3 nitrogen and oxygen atoms in total. The highest BCUT2D eigenvalue weighted by atomic mass is 32.1. The number of ether oxygens (including phenoxy) is 1. The fourth-order valence-electron chi connectivity index (χ4n) is 1.89. The lowest BCUT2D eigenvalue weighted by Crippen LogP contribution is -2.10. The summed E-state index contributed by atoms with van der Waals surface area (Å²) in [5, 5.41) is 1.84. The first kappa shape index (κ1) is 13.9. The zero-order chi connectivity index (χ0) is 14.2. The van der Waals surface area contributed by atoms with Crippen LogP contribution in [0.2, 0.25) is 0 Å². The second-order valence-electron chi connectivity index (χ2n) is 5.67. The quantitative estimate of drug-likeness (QED) is 0.901. The topological polar surface area (TPSA) is 48.1 Å². The molecule has 0 amide bonds. The van der Waals surface area contributed by atoms with Crippen molar-refractivity contribution in [3.8, 4) is 17.0 Å². The van der Waals surface area contributed by atoms with E-state index in [4.69, 9.17) is 15.5 Å². The molecular weight excluding hydrogens is 256 g/mol. The van der Waals surface area contributed by atoms with Crippen molar-refractivity contribution in [1.29, 1.82) is 0 Å². The maximum absolute atomic E-state index is 6.12. The minimum absolute atomic E-state index is 0.0263. The van der Waals surface area contributed by atoms with Crippen molar-refractivity contribution >= 4 is 16.3 Å². The number of thiazole rings is 1. The molecule has 0 aliphatic heterocycles. The summed E-state index contributed by atoms with van der Waals surface area (Å²) in [6.45, 7) is 8.46. The van der Waals surface area contributed by atoms with Gasteiger partial charge in [0.15, 0.2) is 0 Å². The Balaban J connectivity index is 2.48. The number of methoxy groups -OCH3 is 1. The minimum Gasteiger partial charge on any atom is -0.496 e. The number of anilines is 1. The molecule has 2 N–H and O–H groups in total. The molecule has 0 bridgehead atoms. The van der Waals surface area contributed by atoms with E-state index in [2.05, 4.69) is 26.8 Å². The Morgan fingerprint density at radius 1 is 1.26 bits per heavy atom. The van der Waals surface area contributed by atoms with Crippen LogP contribution >= 0.6 is 11.3 Å². The van der Waals surface area contributed by atoms with Gasteiger partial charge >= 0.3 is 0 Å². The summed E-state index contributed by atoms with van der Waals surface area (Å²) in [5.74, 6) is 0.883. The van der Waals surface area contributed by atoms with Crippen molar-refractivity contribution in [3.63, 3.8) is 0 Å². The molecule has 19 heavy (non-hydrogen) atoms. The Morgan fingerprint density at radius 2 is 1.95 bits per heavy atom. The average Bonchev–Trinajstić information content (AvgIpc) is 2.71. The number of benzene rings is 1. The predicted octanol–water partition coefficient (Wildman–Crippen LogP) is 4.01. The largest absolute Gasteiger partial charge is 0.496 e. The van der Waals surface area contributed by atoms with Crippen molar-refractivity contribution in [2.45, 2.75) is 33.1 Å². The zero-order valence-electron chi connectivity index (χ0n) is 12.1. The van der Waals surface area contributed by atoms with Crippen molar-refractivity contribution in [2.75, 3.05) is 12.8 Å². The molecule has 2 aromatic rings. The first-order valence-electron chi connectivity index (χ1n) is 6.24. The van der Waals surface area contributed by atoms with Crippen molar-refractivity contribution in [1.82, 2.24) is 4.98 Å². The van der Waals surface area contributed by atoms with Crippen LogP contribution in [-0.4, -0.2) is 12.1 Å². The van der Waals surface area contributed by atoms with Crippen LogP contribution in [0, 0.1) is 6.92 Å². The summed E-state index contributed by atoms with van der Waals surface area (Å²) in [5.41, 5.74) is 9.15. The summed E-state index contributed by atoms with van der Waals surface area (Å²) in [4.78, 5) is 4.70. The summed E-state index contributed by atoms with van der Waals surface area (Å²) < 4.78 is 5.28. The van der Waals surface area contributed by atoms with E-state index in [1.807, 2.05) is 19.1 Å². The third-order valence-corrected chi connectivity index (χ3v) is 4.27. The van der Waals surface area contributed by atoms with Crippen LogP contribution in [0.4, 0.5) is 5.00 Å². The van der Waals surface area contributed by atoms with Crippen LogP contribution in [0.5, 0.6) is 5.75 Å². The average molecular weight is 276 g/mol. The van der Waals surface area contributed by atoms with Gasteiger partial charge in [-0.3, -0.25) is 0 Å². The fraction of sp³-hybridized carbons (Fsp3) is 0.400. The first-order chi connectivity index (χ1) is 8.82. The van der Waals surface area contributed by atoms with E-state index in [1.165, 1.54) is 0 Å². The first-order valence-corrected chi connectivity index (χ1v) is 7.06. The van der Waals surface area contributed by atoms with E-state index in [-0.39, 0.29) is 5.41 Å². The molecule has 1 heterocycles. The van der Waals surface area contributed by atoms with Crippen LogP contribution in [0.15, 0.2) is 18.2 Å². The Bertz CT molecular complexity index is 597. The van der Waals surface area contributed by atoms with Gasteiger partial charge < -0.3 is 10.5 Å². The lowest BCUT2D eigenvalue weighted by atomic mass is 9.98. The van der Waals surface area contributed by atoms with E-state index < -0.39 is 0 Å². The smallest absolute Gasteiger partial charge is 0.121 e. The van der Waals surface area contributed by atoms with Crippen molar-refractivity contribution in [2.24, 2.45) is 0 Å². The minimum atomic E-state index is 0.0263. The molecule has 4 heteroatoms. The molecule has 1 aromatic heterocycles. The van der Waals surface area contributed by atoms with E-state index >= 15 is 0 Å². The van der Waals surface area contributed by atoms with Gasteiger partial charge in [-0.1, -0.05) is 20.8 Å². The monoisotopic (exact) mass is 276 g/mol. The van der Waals surface area contributed by atoms with Gasteiger partial charge in [0.2, 0.25) is 0 Å². The summed E-state index contributed by atoms with van der Waals surface area (Å²) in [6, 6.07) is 6.03. The third-order valence-electron chi connectivity index (χ3n) is 2.96. The molecule has 102 valence electrons. The van der Waals surface area contributed by atoms with Crippen molar-refractivity contribution < 1.29 is 4.74 Å². The number of aromatic nitrogens is 1. The van der Waals surface area contributed by atoms with E-state index in [0.717, 1.165) is 32.6 Å². The predicted molar refractivity (Wildman–Crippen MR) is 82.0 cm³/mol. The molecule has 2 rings (SSSR count). The number of nitrogen functional groups attached to an aromatic ring is 1. The molecule has 0 radical (unpaired) electrons. The molecule has 1 aromatic carbocycles. The molecule has 0 saturated heterocycles. The standard InChI is InChI=1S/C15H20N2OS/c1-9-8-10(6-7-11(9)18-5)12-13(16)19-14(17-12)15(2,3)4/h6-8H,16H2,1-5H3. The number of nitrogens with two attached hydrogens (primary N) is 1. The summed E-state index contributed by atoms with van der Waals surface area (Å²) in [7, 11) is 1.68. The Hall–Kier alpha value is -1.55. The van der Waals surface area contributed by atoms with Gasteiger partial charge in [0.25, 0.3) is 0 Å². The lowest BCUT2D eigenvalue weighted by molar-refractivity contribution is 0.412. The maximum Gasteiger partial charge on any atom is 0.121 e. The SMILES string of the molecule is COc1ccc(-c2nc(C(C)(C)C)sc2N)cc1C. The Morgan fingerprint density at radius 3 is 2.42 bits per heavy atom. The van der Waals surface area contributed by atoms with Crippen LogP contribution < -0.4 is 10.5 Å². The van der Waals surface area contributed by atoms with Gasteiger partial charge in [0.05, 0.1) is 7.11 Å². The number of rotatable bonds is 2. The fourth-order valence-corrected chi connectivity index (χ4v) is 2.80. The Kier molecular flexibility index (Phi) is 3.54. The second kappa shape index (κ2) is 4.85. The molecule has 0 spiro atoms. The maximum atomic E-state index is 6.12. The van der Waals surface area contributed by atoms with Crippen LogP contribution in [0.1, 0.15) is 31.3 Å². The normalized spacial score (nSPS) is 11.6. The van der Waals surface area contributed by atoms with Gasteiger partial charge in [-0.15, -0.1) is 11.3 Å². The lowest BCUT2D eigenvalue weighted by Gasteiger charge is -2.13. The van der Waals surface area contributed by atoms with Gasteiger partial charge in [0, 0.05) is 11.0 Å². The van der Waals surface area contributed by atoms with Gasteiger partial charge in [0.1, 0.15) is 21.5 Å². The summed E-state index contributed by atoms with van der Waals surface area (Å²) >= 11 is 1.57. The highest BCUT2D eigenvalue weighted by Gasteiger charge is 2.21. The van der Waals surface area contributed by atoms with Crippen LogP contribution in [0.25, 0.3) is 11.3 Å². The number of aryl methyl sites for hydroxylation is 1. The Labute approximate surface area is 118 Å². The number of hydrogen-bond donors (Lipinski definition) is 1. The van der Waals surface area contributed by atoms with Gasteiger partial charge in [-0.05, 0) is 30.7 Å². The second-order valence-corrected chi connectivity index (χ2v) is 6.70. The molecule has 0 saturated carbocycles. The van der Waals surface area contributed by atoms with Crippen molar-refractivity contribution in [3.05, 3.63) is 28.8 Å². The van der Waals surface area contributed by atoms with E-state index in [1.54, 1.807) is 18.4 Å². The molecule has 0 atom stereocenters. The zero-order valence-corrected chi connectivity index (χ0v) is 12.9. The summed E-state index contributed by atoms with van der Waals surface area (Å²) in [6.07, 6.45) is 0. The molecule has 0 aliphatic carbocycles. The van der Waals surface area contributed by atoms with Gasteiger partial charge in [-0.2, -0.15) is 0 Å². The molecule has 0 fully saturated rings. The molecule has 0 aliphatic rings. The molecular formula is C15H20N2OS. The van der Waals surface area contributed by atoms with Gasteiger partial charge in [-0.25, -0.2) is 4.98 Å².